The molecular weight excluding hydrogens is 409 g/mol. The molecule has 8 nitrogen and oxygen atoms in total. The van der Waals surface area contributed by atoms with Gasteiger partial charge in [0, 0.05) is 6.54 Å². The van der Waals surface area contributed by atoms with E-state index < -0.39 is 15.8 Å². The second kappa shape index (κ2) is 8.94. The number of ether oxygens (including phenoxy) is 1. The molecule has 0 aliphatic heterocycles. The van der Waals surface area contributed by atoms with E-state index in [2.05, 4.69) is 9.82 Å². The van der Waals surface area contributed by atoms with E-state index >= 15 is 0 Å². The summed E-state index contributed by atoms with van der Waals surface area (Å²) in [4.78, 5) is 0.0510. The van der Waals surface area contributed by atoms with Crippen molar-refractivity contribution in [2.75, 3.05) is 19.4 Å². The topological polar surface area (TPSA) is 123 Å². The molecule has 2 aromatic carbocycles. The van der Waals surface area contributed by atoms with E-state index in [1.54, 1.807) is 18.2 Å². The van der Waals surface area contributed by atoms with Crippen molar-refractivity contribution >= 4 is 15.8 Å². The number of anilines is 1. The average Bonchev–Trinajstić information content (AvgIpc) is 3.07. The number of nitrogen functional groups attached to an aromatic ring is 1. The zero-order chi connectivity index (χ0) is 21.7. The molecule has 3 rings (SSSR count). The van der Waals surface area contributed by atoms with Crippen molar-refractivity contribution in [3.05, 3.63) is 65.6 Å². The summed E-state index contributed by atoms with van der Waals surface area (Å²) in [6, 6.07) is 13.9. The number of halogens is 1. The maximum absolute atomic E-state index is 13.1. The first-order valence-corrected chi connectivity index (χ1v) is 10.5. The van der Waals surface area contributed by atoms with Crippen LogP contribution < -0.4 is 15.2 Å². The molecule has 0 fully saturated rings. The van der Waals surface area contributed by atoms with Gasteiger partial charge in [-0.25, -0.2) is 22.2 Å². The first kappa shape index (κ1) is 21.3. The lowest BCUT2D eigenvalue weighted by Gasteiger charge is -2.10. The Labute approximate surface area is 173 Å². The molecule has 1 aromatic heterocycles. The van der Waals surface area contributed by atoms with E-state index in [0.29, 0.717) is 24.2 Å². The molecular formula is C20H20FN5O3S. The SMILES string of the molecule is COc1ccccc1S(=O)(=O)NCCCc1nn(-c2ccc(F)cc2)c(N)c1C#N. The molecule has 1 heterocycles. The molecule has 0 saturated carbocycles. The number of rotatable bonds is 8. The minimum absolute atomic E-state index is 0.0510. The molecule has 3 N–H and O–H groups in total. The number of sulfonamides is 1. The zero-order valence-electron chi connectivity index (χ0n) is 16.2. The van der Waals surface area contributed by atoms with Gasteiger partial charge in [0.05, 0.1) is 18.5 Å². The molecule has 0 aliphatic rings. The van der Waals surface area contributed by atoms with Crippen molar-refractivity contribution in [2.45, 2.75) is 17.7 Å². The van der Waals surface area contributed by atoms with Crippen LogP contribution in [0.2, 0.25) is 0 Å². The summed E-state index contributed by atoms with van der Waals surface area (Å²) in [7, 11) is -2.35. The molecule has 0 saturated heterocycles. The Kier molecular flexibility index (Phi) is 6.34. The van der Waals surface area contributed by atoms with Crippen molar-refractivity contribution < 1.29 is 17.5 Å². The first-order valence-electron chi connectivity index (χ1n) is 9.03. The largest absolute Gasteiger partial charge is 0.495 e. The summed E-state index contributed by atoms with van der Waals surface area (Å²) < 4.78 is 47.1. The highest BCUT2D eigenvalue weighted by atomic mass is 32.2. The number of aromatic nitrogens is 2. The molecule has 0 amide bonds. The number of aryl methyl sites for hydroxylation is 1. The monoisotopic (exact) mass is 429 g/mol. The van der Waals surface area contributed by atoms with Gasteiger partial charge < -0.3 is 10.5 Å². The number of para-hydroxylation sites is 1. The van der Waals surface area contributed by atoms with E-state index in [-0.39, 0.29) is 28.6 Å². The summed E-state index contributed by atoms with van der Waals surface area (Å²) in [5.41, 5.74) is 7.20. The van der Waals surface area contributed by atoms with Gasteiger partial charge in [0.25, 0.3) is 0 Å². The van der Waals surface area contributed by atoms with Crippen LogP contribution >= 0.6 is 0 Å². The molecule has 0 bridgehead atoms. The van der Waals surface area contributed by atoms with Gasteiger partial charge in [0.2, 0.25) is 10.0 Å². The van der Waals surface area contributed by atoms with Crippen LogP contribution in [0.25, 0.3) is 5.69 Å². The lowest BCUT2D eigenvalue weighted by Crippen LogP contribution is -2.25. The van der Waals surface area contributed by atoms with E-state index in [0.717, 1.165) is 0 Å². The Morgan fingerprint density at radius 2 is 1.93 bits per heavy atom. The van der Waals surface area contributed by atoms with Crippen LogP contribution in [0.3, 0.4) is 0 Å². The van der Waals surface area contributed by atoms with Gasteiger partial charge in [-0.15, -0.1) is 0 Å². The third-order valence-corrected chi connectivity index (χ3v) is 5.92. The van der Waals surface area contributed by atoms with Gasteiger partial charge in [-0.3, -0.25) is 0 Å². The van der Waals surface area contributed by atoms with E-state index in [1.165, 1.54) is 42.1 Å². The number of methoxy groups -OCH3 is 1. The average molecular weight is 429 g/mol. The smallest absolute Gasteiger partial charge is 0.244 e. The Bertz CT molecular complexity index is 1180. The maximum atomic E-state index is 13.1. The molecule has 0 spiro atoms. The predicted molar refractivity (Wildman–Crippen MR) is 109 cm³/mol. The first-order chi connectivity index (χ1) is 14.4. The van der Waals surface area contributed by atoms with Crippen LogP contribution in [0.4, 0.5) is 10.2 Å². The zero-order valence-corrected chi connectivity index (χ0v) is 17.0. The highest BCUT2D eigenvalue weighted by molar-refractivity contribution is 7.89. The van der Waals surface area contributed by atoms with Crippen molar-refractivity contribution in [1.82, 2.24) is 14.5 Å². The van der Waals surface area contributed by atoms with E-state index in [9.17, 15) is 18.1 Å². The number of hydrogen-bond donors (Lipinski definition) is 2. The van der Waals surface area contributed by atoms with Crippen molar-refractivity contribution in [2.24, 2.45) is 0 Å². The molecule has 0 unspecified atom stereocenters. The fraction of sp³-hybridized carbons (Fsp3) is 0.200. The van der Waals surface area contributed by atoms with E-state index in [4.69, 9.17) is 10.5 Å². The molecule has 0 atom stereocenters. The second-order valence-electron chi connectivity index (χ2n) is 6.36. The molecule has 156 valence electrons. The van der Waals surface area contributed by atoms with Crippen LogP contribution in [-0.4, -0.2) is 31.9 Å². The third-order valence-electron chi connectivity index (χ3n) is 4.42. The number of nitrogens with two attached hydrogens (primary N) is 1. The van der Waals surface area contributed by atoms with Gasteiger partial charge in [-0.1, -0.05) is 12.1 Å². The lowest BCUT2D eigenvalue weighted by atomic mass is 10.1. The van der Waals surface area contributed by atoms with Crippen LogP contribution in [0.5, 0.6) is 5.75 Å². The number of benzene rings is 2. The third kappa shape index (κ3) is 4.42. The minimum Gasteiger partial charge on any atom is -0.495 e. The van der Waals surface area contributed by atoms with Gasteiger partial charge in [-0.2, -0.15) is 10.4 Å². The fourth-order valence-electron chi connectivity index (χ4n) is 2.94. The molecule has 0 radical (unpaired) electrons. The number of nitriles is 1. The standard InChI is InChI=1S/C20H20FN5O3S/c1-29-18-6-2-3-7-19(18)30(27,28)24-12-4-5-17-16(13-22)20(23)26(25-17)15-10-8-14(21)9-11-15/h2-3,6-11,24H,4-5,12,23H2,1H3. The second-order valence-corrected chi connectivity index (χ2v) is 8.09. The molecule has 3 aromatic rings. The number of hydrogen-bond acceptors (Lipinski definition) is 6. The quantitative estimate of drug-likeness (QED) is 0.530. The summed E-state index contributed by atoms with van der Waals surface area (Å²) >= 11 is 0. The number of nitrogens with one attached hydrogen (secondary N) is 1. The summed E-state index contributed by atoms with van der Waals surface area (Å²) in [5.74, 6) is 0.00355. The molecule has 0 aliphatic carbocycles. The summed E-state index contributed by atoms with van der Waals surface area (Å²) in [6.45, 7) is 0.133. The number of nitrogens with zero attached hydrogens (tertiary/aromatic N) is 3. The summed E-state index contributed by atoms with van der Waals surface area (Å²) in [5, 5.41) is 13.8. The minimum atomic E-state index is -3.75. The molecule has 30 heavy (non-hydrogen) atoms. The highest BCUT2D eigenvalue weighted by Crippen LogP contribution is 2.23. The predicted octanol–water partition coefficient (Wildman–Crippen LogP) is 2.38. The van der Waals surface area contributed by atoms with Crippen molar-refractivity contribution in [1.29, 1.82) is 5.26 Å². The van der Waals surface area contributed by atoms with E-state index in [1.807, 2.05) is 6.07 Å². The summed E-state index contributed by atoms with van der Waals surface area (Å²) in [6.07, 6.45) is 0.721. The van der Waals surface area contributed by atoms with Gasteiger partial charge in [-0.05, 0) is 49.2 Å². The highest BCUT2D eigenvalue weighted by Gasteiger charge is 2.19. The lowest BCUT2D eigenvalue weighted by molar-refractivity contribution is 0.402. The van der Waals surface area contributed by atoms with Gasteiger partial charge >= 0.3 is 0 Å². The van der Waals surface area contributed by atoms with Crippen molar-refractivity contribution in [3.8, 4) is 17.5 Å². The Balaban J connectivity index is 1.70. The van der Waals surface area contributed by atoms with Crippen molar-refractivity contribution in [3.63, 3.8) is 0 Å². The van der Waals surface area contributed by atoms with Crippen LogP contribution in [0.15, 0.2) is 53.4 Å². The fourth-order valence-corrected chi connectivity index (χ4v) is 4.18. The Morgan fingerprint density at radius 3 is 2.60 bits per heavy atom. The Morgan fingerprint density at radius 1 is 1.23 bits per heavy atom. The maximum Gasteiger partial charge on any atom is 0.244 e. The van der Waals surface area contributed by atoms with Gasteiger partial charge in [0.1, 0.15) is 33.9 Å². The Hall–Kier alpha value is -3.42. The van der Waals surface area contributed by atoms with Crippen LogP contribution in [0, 0.1) is 17.1 Å². The van der Waals surface area contributed by atoms with Gasteiger partial charge in [0.15, 0.2) is 0 Å². The van der Waals surface area contributed by atoms with Crippen LogP contribution in [0.1, 0.15) is 17.7 Å². The van der Waals surface area contributed by atoms with Crippen LogP contribution in [-0.2, 0) is 16.4 Å². The molecule has 10 heteroatoms. The normalized spacial score (nSPS) is 11.2.